The molecule has 5 heteroatoms. The quantitative estimate of drug-likeness (QED) is 0.811. The Balaban J connectivity index is 2.38. The lowest BCUT2D eigenvalue weighted by Crippen LogP contribution is -2.33. The summed E-state index contributed by atoms with van der Waals surface area (Å²) in [5.41, 5.74) is 5.52. The highest BCUT2D eigenvalue weighted by Crippen LogP contribution is 2.41. The number of nitrogens with two attached hydrogens (primary N) is 1. The minimum Gasteiger partial charge on any atom is -0.321 e. The molecule has 1 fully saturated rings. The molecular weight excluding hydrogens is 251 g/mol. The van der Waals surface area contributed by atoms with E-state index in [1.54, 1.807) is 0 Å². The number of halogens is 4. The maximum atomic E-state index is 12.5. The van der Waals surface area contributed by atoms with Crippen LogP contribution in [0.2, 0.25) is 5.02 Å². The van der Waals surface area contributed by atoms with Gasteiger partial charge in [0.1, 0.15) is 0 Å². The molecule has 2 N–H and O–H groups in total. The van der Waals surface area contributed by atoms with E-state index in [2.05, 4.69) is 0 Å². The summed E-state index contributed by atoms with van der Waals surface area (Å²) in [5, 5.41) is 0.115. The third-order valence-electron chi connectivity index (χ3n) is 3.33. The van der Waals surface area contributed by atoms with Gasteiger partial charge in [-0.2, -0.15) is 13.2 Å². The Morgan fingerprint density at radius 1 is 1.18 bits per heavy atom. The molecule has 0 unspecified atom stereocenters. The first-order valence-electron chi connectivity index (χ1n) is 5.49. The summed E-state index contributed by atoms with van der Waals surface area (Å²) >= 11 is 5.93. The molecule has 1 aromatic rings. The predicted molar refractivity (Wildman–Crippen MR) is 60.8 cm³/mol. The van der Waals surface area contributed by atoms with Crippen molar-refractivity contribution >= 4 is 11.6 Å². The van der Waals surface area contributed by atoms with E-state index in [1.165, 1.54) is 6.07 Å². The molecule has 1 saturated carbocycles. The van der Waals surface area contributed by atoms with Gasteiger partial charge >= 0.3 is 6.18 Å². The van der Waals surface area contributed by atoms with Crippen LogP contribution in [0.1, 0.15) is 36.8 Å². The van der Waals surface area contributed by atoms with Gasteiger partial charge in [-0.1, -0.05) is 30.5 Å². The van der Waals surface area contributed by atoms with Gasteiger partial charge in [-0.15, -0.1) is 0 Å². The Hall–Kier alpha value is -0.740. The second-order valence-electron chi connectivity index (χ2n) is 4.56. The van der Waals surface area contributed by atoms with E-state index >= 15 is 0 Å². The van der Waals surface area contributed by atoms with Gasteiger partial charge in [-0.3, -0.25) is 0 Å². The third-order valence-corrected chi connectivity index (χ3v) is 3.64. The SMILES string of the molecule is NC1(c2ccc(C(F)(F)F)cc2Cl)CCCC1. The highest BCUT2D eigenvalue weighted by Gasteiger charge is 2.35. The monoisotopic (exact) mass is 263 g/mol. The first-order chi connectivity index (χ1) is 7.83. The van der Waals surface area contributed by atoms with Crippen LogP contribution >= 0.6 is 11.6 Å². The third kappa shape index (κ3) is 2.43. The van der Waals surface area contributed by atoms with Gasteiger partial charge in [0.05, 0.1) is 5.56 Å². The molecule has 1 aromatic carbocycles. The van der Waals surface area contributed by atoms with Crippen LogP contribution < -0.4 is 5.73 Å². The summed E-state index contributed by atoms with van der Waals surface area (Å²) < 4.78 is 37.4. The van der Waals surface area contributed by atoms with Crippen molar-refractivity contribution in [1.82, 2.24) is 0 Å². The first kappa shape index (κ1) is 12.7. The van der Waals surface area contributed by atoms with Crippen molar-refractivity contribution in [2.24, 2.45) is 5.73 Å². The normalized spacial score (nSPS) is 19.6. The second-order valence-corrected chi connectivity index (χ2v) is 4.96. The Kier molecular flexibility index (Phi) is 3.12. The summed E-state index contributed by atoms with van der Waals surface area (Å²) in [4.78, 5) is 0. The molecule has 2 rings (SSSR count). The number of alkyl halides is 3. The molecule has 1 aliphatic carbocycles. The molecule has 0 bridgehead atoms. The van der Waals surface area contributed by atoms with Crippen LogP contribution in [0.15, 0.2) is 18.2 Å². The van der Waals surface area contributed by atoms with Gasteiger partial charge in [0, 0.05) is 10.6 Å². The lowest BCUT2D eigenvalue weighted by molar-refractivity contribution is -0.137. The highest BCUT2D eigenvalue weighted by atomic mass is 35.5. The molecule has 1 aliphatic rings. The van der Waals surface area contributed by atoms with Crippen molar-refractivity contribution in [3.63, 3.8) is 0 Å². The van der Waals surface area contributed by atoms with Gasteiger partial charge in [0.2, 0.25) is 0 Å². The lowest BCUT2D eigenvalue weighted by Gasteiger charge is -2.25. The summed E-state index contributed by atoms with van der Waals surface area (Å²) in [6, 6.07) is 3.43. The summed E-state index contributed by atoms with van der Waals surface area (Å²) in [7, 11) is 0. The van der Waals surface area contributed by atoms with Crippen LogP contribution in [0, 0.1) is 0 Å². The molecule has 0 heterocycles. The van der Waals surface area contributed by atoms with Gasteiger partial charge in [0.15, 0.2) is 0 Å². The Bertz CT molecular complexity index is 422. The molecule has 0 radical (unpaired) electrons. The minimum atomic E-state index is -4.36. The zero-order valence-corrected chi connectivity index (χ0v) is 9.91. The fourth-order valence-electron chi connectivity index (χ4n) is 2.37. The molecule has 0 aromatic heterocycles. The van der Waals surface area contributed by atoms with E-state index in [4.69, 9.17) is 17.3 Å². The molecule has 17 heavy (non-hydrogen) atoms. The van der Waals surface area contributed by atoms with Gasteiger partial charge in [0.25, 0.3) is 0 Å². The molecule has 0 spiro atoms. The van der Waals surface area contributed by atoms with Crippen molar-refractivity contribution < 1.29 is 13.2 Å². The topological polar surface area (TPSA) is 26.0 Å². The number of rotatable bonds is 1. The van der Waals surface area contributed by atoms with Gasteiger partial charge in [-0.25, -0.2) is 0 Å². The van der Waals surface area contributed by atoms with Crippen LogP contribution in [0.3, 0.4) is 0 Å². The van der Waals surface area contributed by atoms with E-state index in [1.807, 2.05) is 0 Å². The summed E-state index contributed by atoms with van der Waals surface area (Å²) in [6.07, 6.45) is -0.822. The Morgan fingerprint density at radius 3 is 2.24 bits per heavy atom. The molecule has 0 atom stereocenters. The van der Waals surface area contributed by atoms with Crippen molar-refractivity contribution in [2.75, 3.05) is 0 Å². The van der Waals surface area contributed by atoms with E-state index < -0.39 is 17.3 Å². The smallest absolute Gasteiger partial charge is 0.321 e. The Labute approximate surface area is 103 Å². The van der Waals surface area contributed by atoms with Gasteiger partial charge in [-0.05, 0) is 30.5 Å². The van der Waals surface area contributed by atoms with Crippen LogP contribution in [0.4, 0.5) is 13.2 Å². The standard InChI is InChI=1S/C12H13ClF3N/c13-10-7-8(12(14,15)16)3-4-9(10)11(17)5-1-2-6-11/h3-4,7H,1-2,5-6,17H2. The van der Waals surface area contributed by atoms with Crippen molar-refractivity contribution in [2.45, 2.75) is 37.4 Å². The second kappa shape index (κ2) is 4.18. The molecule has 94 valence electrons. The molecular formula is C12H13ClF3N. The van der Waals surface area contributed by atoms with Crippen molar-refractivity contribution in [3.05, 3.63) is 34.3 Å². The molecule has 0 amide bonds. The maximum Gasteiger partial charge on any atom is 0.416 e. The minimum absolute atomic E-state index is 0.115. The lowest BCUT2D eigenvalue weighted by atomic mass is 9.89. The number of hydrogen-bond donors (Lipinski definition) is 1. The highest BCUT2D eigenvalue weighted by molar-refractivity contribution is 6.31. The predicted octanol–water partition coefficient (Wildman–Crippen LogP) is 4.09. The summed E-state index contributed by atoms with van der Waals surface area (Å²) in [6.45, 7) is 0. The average molecular weight is 264 g/mol. The van der Waals surface area contributed by atoms with E-state index in [9.17, 15) is 13.2 Å². The van der Waals surface area contributed by atoms with Crippen LogP contribution in [-0.2, 0) is 11.7 Å². The fourth-order valence-corrected chi connectivity index (χ4v) is 2.74. The fraction of sp³-hybridized carbons (Fsp3) is 0.500. The molecule has 0 saturated heterocycles. The average Bonchev–Trinajstić information content (AvgIpc) is 2.64. The number of hydrogen-bond acceptors (Lipinski definition) is 1. The van der Waals surface area contributed by atoms with Crippen molar-refractivity contribution in [1.29, 1.82) is 0 Å². The van der Waals surface area contributed by atoms with E-state index in [-0.39, 0.29) is 5.02 Å². The van der Waals surface area contributed by atoms with Crippen LogP contribution in [0.25, 0.3) is 0 Å². The number of benzene rings is 1. The zero-order valence-electron chi connectivity index (χ0n) is 9.15. The summed E-state index contributed by atoms with van der Waals surface area (Å²) in [5.74, 6) is 0. The molecule has 1 nitrogen and oxygen atoms in total. The maximum absolute atomic E-state index is 12.5. The first-order valence-corrected chi connectivity index (χ1v) is 5.87. The van der Waals surface area contributed by atoms with Crippen LogP contribution in [-0.4, -0.2) is 0 Å². The van der Waals surface area contributed by atoms with Crippen molar-refractivity contribution in [3.8, 4) is 0 Å². The molecule has 0 aliphatic heterocycles. The Morgan fingerprint density at radius 2 is 1.76 bits per heavy atom. The van der Waals surface area contributed by atoms with Gasteiger partial charge < -0.3 is 5.73 Å². The zero-order chi connectivity index (χ0) is 12.7. The van der Waals surface area contributed by atoms with Crippen LogP contribution in [0.5, 0.6) is 0 Å². The largest absolute Gasteiger partial charge is 0.416 e. The van der Waals surface area contributed by atoms with E-state index in [0.717, 1.165) is 37.8 Å². The van der Waals surface area contributed by atoms with E-state index in [0.29, 0.717) is 5.56 Å².